The summed E-state index contributed by atoms with van der Waals surface area (Å²) in [7, 11) is 0. The van der Waals surface area contributed by atoms with Gasteiger partial charge in [-0.3, -0.25) is 9.59 Å². The van der Waals surface area contributed by atoms with Crippen LogP contribution in [0.2, 0.25) is 0 Å². The quantitative estimate of drug-likeness (QED) is 0.300. The predicted octanol–water partition coefficient (Wildman–Crippen LogP) is 6.18. The van der Waals surface area contributed by atoms with Gasteiger partial charge in [0, 0.05) is 41.0 Å². The van der Waals surface area contributed by atoms with Gasteiger partial charge in [-0.05, 0) is 56.2 Å². The summed E-state index contributed by atoms with van der Waals surface area (Å²) >= 11 is 1.35. The maximum Gasteiger partial charge on any atom is 0.256 e. The van der Waals surface area contributed by atoms with E-state index in [-0.39, 0.29) is 17.6 Å². The van der Waals surface area contributed by atoms with Crippen LogP contribution in [-0.2, 0) is 17.8 Å². The number of aryl methyl sites for hydroxylation is 3. The molecule has 2 N–H and O–H groups in total. The molecule has 6 nitrogen and oxygen atoms in total. The second-order valence-electron chi connectivity index (χ2n) is 8.92. The molecule has 0 aliphatic carbocycles. The predicted molar refractivity (Wildman–Crippen MR) is 146 cm³/mol. The van der Waals surface area contributed by atoms with Gasteiger partial charge < -0.3 is 15.2 Å². The third kappa shape index (κ3) is 5.69. The van der Waals surface area contributed by atoms with E-state index in [1.807, 2.05) is 73.7 Å². The van der Waals surface area contributed by atoms with E-state index in [4.69, 9.17) is 4.98 Å². The van der Waals surface area contributed by atoms with Crippen molar-refractivity contribution >= 4 is 35.0 Å². The number of hydrogen-bond acceptors (Lipinski definition) is 4. The van der Waals surface area contributed by atoms with Gasteiger partial charge in [-0.15, -0.1) is 11.8 Å². The lowest BCUT2D eigenvalue weighted by Gasteiger charge is -2.11. The molecule has 0 atom stereocenters. The minimum absolute atomic E-state index is 0.115. The highest BCUT2D eigenvalue weighted by atomic mass is 32.2. The molecule has 2 amide bonds. The number of thioether (sulfide) groups is 1. The minimum atomic E-state index is -0.206. The smallest absolute Gasteiger partial charge is 0.256 e. The van der Waals surface area contributed by atoms with Crippen molar-refractivity contribution in [3.63, 3.8) is 0 Å². The van der Waals surface area contributed by atoms with E-state index in [2.05, 4.69) is 21.4 Å². The van der Waals surface area contributed by atoms with Crippen LogP contribution < -0.4 is 10.6 Å². The van der Waals surface area contributed by atoms with Crippen molar-refractivity contribution in [2.75, 3.05) is 16.4 Å². The Morgan fingerprint density at radius 1 is 0.917 bits per heavy atom. The van der Waals surface area contributed by atoms with Crippen molar-refractivity contribution in [1.82, 2.24) is 9.55 Å². The van der Waals surface area contributed by atoms with Crippen molar-refractivity contribution in [3.8, 4) is 11.3 Å². The van der Waals surface area contributed by atoms with E-state index in [9.17, 15) is 9.59 Å². The lowest BCUT2D eigenvalue weighted by molar-refractivity contribution is -0.113. The number of benzene rings is 3. The van der Waals surface area contributed by atoms with Crippen molar-refractivity contribution in [3.05, 3.63) is 95.9 Å². The van der Waals surface area contributed by atoms with Crippen LogP contribution in [0.15, 0.2) is 83.9 Å². The molecule has 1 aliphatic rings. The fourth-order valence-corrected chi connectivity index (χ4v) is 5.08. The number of nitrogens with one attached hydrogen (secondary N) is 2. The Kier molecular flexibility index (Phi) is 7.18. The molecule has 0 fully saturated rings. The van der Waals surface area contributed by atoms with Gasteiger partial charge >= 0.3 is 0 Å². The summed E-state index contributed by atoms with van der Waals surface area (Å²) in [5, 5.41) is 5.88. The van der Waals surface area contributed by atoms with E-state index in [1.54, 1.807) is 6.07 Å². The second kappa shape index (κ2) is 10.8. The summed E-state index contributed by atoms with van der Waals surface area (Å²) in [4.78, 5) is 31.0. The highest BCUT2D eigenvalue weighted by Gasteiger charge is 2.15. The van der Waals surface area contributed by atoms with Crippen LogP contribution in [0.5, 0.6) is 0 Å². The van der Waals surface area contributed by atoms with Crippen LogP contribution in [0, 0.1) is 6.92 Å². The summed E-state index contributed by atoms with van der Waals surface area (Å²) in [6.45, 7) is 3.03. The maximum atomic E-state index is 13.0. The first kappa shape index (κ1) is 23.9. The van der Waals surface area contributed by atoms with E-state index in [0.717, 1.165) is 46.2 Å². The molecule has 0 spiro atoms. The molecule has 0 bridgehead atoms. The molecule has 7 heteroatoms. The first-order chi connectivity index (χ1) is 17.5. The first-order valence-electron chi connectivity index (χ1n) is 12.1. The number of hydrogen-bond donors (Lipinski definition) is 2. The fraction of sp³-hybridized carbons (Fsp3) is 0.207. The van der Waals surface area contributed by atoms with E-state index >= 15 is 0 Å². The fourth-order valence-electron chi connectivity index (χ4n) is 4.23. The highest BCUT2D eigenvalue weighted by Crippen LogP contribution is 2.26. The largest absolute Gasteiger partial charge is 0.334 e. The molecule has 1 aliphatic heterocycles. The lowest BCUT2D eigenvalue weighted by Crippen LogP contribution is -2.15. The normalized spacial score (nSPS) is 12.6. The highest BCUT2D eigenvalue weighted by molar-refractivity contribution is 8.00. The lowest BCUT2D eigenvalue weighted by atomic mass is 10.1. The molecule has 182 valence electrons. The van der Waals surface area contributed by atoms with Gasteiger partial charge in [0.2, 0.25) is 5.91 Å². The Bertz CT molecular complexity index is 1350. The average Bonchev–Trinajstić information content (AvgIpc) is 3.34. The van der Waals surface area contributed by atoms with Gasteiger partial charge in [0.25, 0.3) is 5.91 Å². The number of aromatic nitrogens is 2. The number of carbonyl (C=O) groups is 2. The van der Waals surface area contributed by atoms with Crippen LogP contribution in [0.1, 0.15) is 34.6 Å². The summed E-state index contributed by atoms with van der Waals surface area (Å²) in [5.41, 5.74) is 5.15. The molecule has 0 radical (unpaired) electrons. The Morgan fingerprint density at radius 2 is 1.64 bits per heavy atom. The maximum absolute atomic E-state index is 13.0. The summed E-state index contributed by atoms with van der Waals surface area (Å²) in [6.07, 6.45) is 5.53. The molecule has 0 saturated carbocycles. The molecular formula is C29H28N4O2S. The van der Waals surface area contributed by atoms with E-state index in [0.29, 0.717) is 11.3 Å². The van der Waals surface area contributed by atoms with Gasteiger partial charge in [-0.25, -0.2) is 4.98 Å². The molecule has 1 aromatic heterocycles. The zero-order valence-electron chi connectivity index (χ0n) is 20.2. The van der Waals surface area contributed by atoms with Gasteiger partial charge in [0.15, 0.2) is 0 Å². The monoisotopic (exact) mass is 496 g/mol. The Balaban J connectivity index is 1.21. The van der Waals surface area contributed by atoms with Crippen molar-refractivity contribution < 1.29 is 9.59 Å². The minimum Gasteiger partial charge on any atom is -0.334 e. The third-order valence-corrected chi connectivity index (χ3v) is 7.25. The molecule has 5 rings (SSSR count). The molecule has 36 heavy (non-hydrogen) atoms. The number of amides is 2. The molecule has 3 aromatic carbocycles. The van der Waals surface area contributed by atoms with Crippen LogP contribution in [-0.4, -0.2) is 27.1 Å². The van der Waals surface area contributed by atoms with E-state index in [1.165, 1.54) is 24.6 Å². The second-order valence-corrected chi connectivity index (χ2v) is 9.94. The standard InChI is InChI=1S/C29H28N4O2S/c1-20-9-13-22(14-10-20)30-28(34)19-36-26-7-3-2-6-24(26)29(35)31-23-15-11-21(12-16-23)25-18-33-17-5-4-8-27(33)32-25/h2-3,6-7,9-16,18H,4-5,8,17,19H2,1H3,(H,30,34)(H,31,35). The van der Waals surface area contributed by atoms with E-state index < -0.39 is 0 Å². The number of anilines is 2. The molecular weight excluding hydrogens is 468 g/mol. The van der Waals surface area contributed by atoms with Gasteiger partial charge in [0.1, 0.15) is 5.82 Å². The number of nitrogens with zero attached hydrogens (tertiary/aromatic N) is 2. The topological polar surface area (TPSA) is 76.0 Å². The van der Waals surface area contributed by atoms with Crippen LogP contribution >= 0.6 is 11.8 Å². The van der Waals surface area contributed by atoms with Crippen molar-refractivity contribution in [2.45, 2.75) is 37.6 Å². The number of carbonyl (C=O) groups excluding carboxylic acids is 2. The van der Waals surface area contributed by atoms with Gasteiger partial charge in [-0.1, -0.05) is 42.0 Å². The van der Waals surface area contributed by atoms with Crippen molar-refractivity contribution in [2.24, 2.45) is 0 Å². The SMILES string of the molecule is Cc1ccc(NC(=O)CSc2ccccc2C(=O)Nc2ccc(-c3cn4c(n3)CCCC4)cc2)cc1. The third-order valence-electron chi connectivity index (χ3n) is 6.17. The zero-order valence-corrected chi connectivity index (χ0v) is 21.0. The first-order valence-corrected chi connectivity index (χ1v) is 13.1. The number of fused-ring (bicyclic) bond motifs is 1. The zero-order chi connectivity index (χ0) is 24.9. The summed E-state index contributed by atoms with van der Waals surface area (Å²) < 4.78 is 2.24. The van der Waals surface area contributed by atoms with Gasteiger partial charge in [0.05, 0.1) is 17.0 Å². The molecule has 0 saturated heterocycles. The Labute approximate surface area is 215 Å². The van der Waals surface area contributed by atoms with Crippen LogP contribution in [0.4, 0.5) is 11.4 Å². The summed E-state index contributed by atoms with van der Waals surface area (Å²) in [5.74, 6) is 1.04. The van der Waals surface area contributed by atoms with Crippen LogP contribution in [0.25, 0.3) is 11.3 Å². The van der Waals surface area contributed by atoms with Gasteiger partial charge in [-0.2, -0.15) is 0 Å². The summed E-state index contributed by atoms with van der Waals surface area (Å²) in [6, 6.07) is 22.8. The molecule has 0 unspecified atom stereocenters. The Morgan fingerprint density at radius 3 is 2.42 bits per heavy atom. The molecule has 4 aromatic rings. The molecule has 2 heterocycles. The van der Waals surface area contributed by atoms with Crippen LogP contribution in [0.3, 0.4) is 0 Å². The average molecular weight is 497 g/mol. The van der Waals surface area contributed by atoms with Crippen molar-refractivity contribution in [1.29, 1.82) is 0 Å². The Hall–Kier alpha value is -3.84. The number of rotatable bonds is 7. The number of imidazole rings is 1.